The summed E-state index contributed by atoms with van der Waals surface area (Å²) in [6, 6.07) is 28.2. The Hall–Kier alpha value is -4.12. The van der Waals surface area contributed by atoms with Gasteiger partial charge in [0.15, 0.2) is 12.4 Å². The molecule has 5 nitrogen and oxygen atoms in total. The Kier molecular flexibility index (Phi) is 7.27. The Labute approximate surface area is 211 Å². The van der Waals surface area contributed by atoms with Crippen molar-refractivity contribution in [1.82, 2.24) is 4.98 Å². The van der Waals surface area contributed by atoms with E-state index >= 15 is 0 Å². The third-order valence-corrected chi connectivity index (χ3v) is 6.28. The zero-order chi connectivity index (χ0) is 24.7. The van der Waals surface area contributed by atoms with Gasteiger partial charge in [0.25, 0.3) is 0 Å². The molecule has 0 N–H and O–H groups in total. The molecule has 0 unspecified atom stereocenters. The van der Waals surface area contributed by atoms with E-state index in [9.17, 15) is 4.79 Å². The lowest BCUT2D eigenvalue weighted by Crippen LogP contribution is -2.14. The minimum absolute atomic E-state index is 0.0912. The highest BCUT2D eigenvalue weighted by molar-refractivity contribution is 5.79. The van der Waals surface area contributed by atoms with Gasteiger partial charge >= 0.3 is 5.97 Å². The molecule has 0 spiro atoms. The van der Waals surface area contributed by atoms with Gasteiger partial charge in [0.1, 0.15) is 11.4 Å². The van der Waals surface area contributed by atoms with Crippen LogP contribution >= 0.6 is 0 Å². The number of ether oxygens (including phenoxy) is 2. The molecule has 0 radical (unpaired) electrons. The number of esters is 1. The van der Waals surface area contributed by atoms with Gasteiger partial charge in [-0.2, -0.15) is 0 Å². The Morgan fingerprint density at radius 2 is 1.67 bits per heavy atom. The van der Waals surface area contributed by atoms with Crippen LogP contribution in [0.15, 0.2) is 94.9 Å². The SMILES string of the molecule is CCOC(=O)COc1cccc(CC2=C(c3nc(-c4ccccc4)c(-c4ccccc4)o3)CCC2)c1. The number of carbonyl (C=O) groups excluding carboxylic acids is 1. The van der Waals surface area contributed by atoms with Crippen molar-refractivity contribution in [2.24, 2.45) is 0 Å². The molecule has 1 aliphatic rings. The molecule has 4 aromatic rings. The summed E-state index contributed by atoms with van der Waals surface area (Å²) < 4.78 is 17.1. The van der Waals surface area contributed by atoms with Crippen LogP contribution in [0.1, 0.15) is 37.6 Å². The van der Waals surface area contributed by atoms with E-state index in [1.54, 1.807) is 6.92 Å². The highest BCUT2D eigenvalue weighted by Crippen LogP contribution is 2.40. The molecule has 182 valence electrons. The number of oxazole rings is 1. The summed E-state index contributed by atoms with van der Waals surface area (Å²) in [5, 5.41) is 0. The van der Waals surface area contributed by atoms with Crippen LogP contribution in [0.4, 0.5) is 0 Å². The molecule has 36 heavy (non-hydrogen) atoms. The fraction of sp³-hybridized carbons (Fsp3) is 0.226. The predicted molar refractivity (Wildman–Crippen MR) is 140 cm³/mol. The number of nitrogens with zero attached hydrogens (tertiary/aromatic N) is 1. The molecule has 0 bridgehead atoms. The van der Waals surface area contributed by atoms with Gasteiger partial charge in [-0.25, -0.2) is 9.78 Å². The fourth-order valence-corrected chi connectivity index (χ4v) is 4.62. The van der Waals surface area contributed by atoms with Crippen LogP contribution in [0.25, 0.3) is 28.2 Å². The van der Waals surface area contributed by atoms with Crippen molar-refractivity contribution in [2.75, 3.05) is 13.2 Å². The van der Waals surface area contributed by atoms with E-state index in [0.29, 0.717) is 18.2 Å². The molecular formula is C31H29NO4. The highest BCUT2D eigenvalue weighted by Gasteiger charge is 2.24. The maximum atomic E-state index is 11.6. The lowest BCUT2D eigenvalue weighted by molar-refractivity contribution is -0.145. The monoisotopic (exact) mass is 479 g/mol. The predicted octanol–water partition coefficient (Wildman–Crippen LogP) is 7.13. The molecule has 1 heterocycles. The number of hydrogen-bond acceptors (Lipinski definition) is 5. The molecule has 3 aromatic carbocycles. The smallest absolute Gasteiger partial charge is 0.344 e. The van der Waals surface area contributed by atoms with Gasteiger partial charge < -0.3 is 13.9 Å². The zero-order valence-corrected chi connectivity index (χ0v) is 20.4. The van der Waals surface area contributed by atoms with Crippen molar-refractivity contribution in [3.8, 4) is 28.3 Å². The maximum Gasteiger partial charge on any atom is 0.344 e. The second-order valence-corrected chi connectivity index (χ2v) is 8.78. The molecule has 1 aromatic heterocycles. The molecule has 0 aliphatic heterocycles. The highest BCUT2D eigenvalue weighted by atomic mass is 16.6. The number of allylic oxidation sites excluding steroid dienone is 2. The van der Waals surface area contributed by atoms with E-state index in [1.165, 1.54) is 11.1 Å². The summed E-state index contributed by atoms with van der Waals surface area (Å²) >= 11 is 0. The van der Waals surface area contributed by atoms with Crippen LogP contribution in [-0.2, 0) is 16.0 Å². The van der Waals surface area contributed by atoms with Crippen molar-refractivity contribution >= 4 is 11.5 Å². The zero-order valence-electron chi connectivity index (χ0n) is 20.4. The average molecular weight is 480 g/mol. The summed E-state index contributed by atoms with van der Waals surface area (Å²) in [5.74, 6) is 1.80. The fourth-order valence-electron chi connectivity index (χ4n) is 4.62. The molecule has 0 amide bonds. The van der Waals surface area contributed by atoms with Crippen LogP contribution in [0.5, 0.6) is 5.75 Å². The standard InChI is InChI=1S/C31H29NO4/c1-2-34-28(33)21-35-26-17-9-11-22(20-26)19-25-16-10-18-27(25)31-32-29(23-12-5-3-6-13-23)30(36-31)24-14-7-4-8-15-24/h3-9,11-15,17,20H,2,10,16,18-19,21H2,1H3. The largest absolute Gasteiger partial charge is 0.482 e. The number of rotatable bonds is 9. The lowest BCUT2D eigenvalue weighted by Gasteiger charge is -2.09. The molecule has 5 rings (SSSR count). The van der Waals surface area contributed by atoms with E-state index < -0.39 is 0 Å². The Morgan fingerprint density at radius 1 is 0.917 bits per heavy atom. The molecule has 5 heteroatoms. The topological polar surface area (TPSA) is 61.6 Å². The van der Waals surface area contributed by atoms with E-state index in [0.717, 1.165) is 53.8 Å². The minimum Gasteiger partial charge on any atom is -0.482 e. The van der Waals surface area contributed by atoms with Gasteiger partial charge in [0.2, 0.25) is 5.89 Å². The molecular weight excluding hydrogens is 450 g/mol. The maximum absolute atomic E-state index is 11.6. The van der Waals surface area contributed by atoms with Gasteiger partial charge in [-0.15, -0.1) is 0 Å². The summed E-state index contributed by atoms with van der Waals surface area (Å²) in [7, 11) is 0. The molecule has 0 atom stereocenters. The first-order valence-corrected chi connectivity index (χ1v) is 12.4. The minimum atomic E-state index is -0.365. The van der Waals surface area contributed by atoms with Gasteiger partial charge in [0.05, 0.1) is 6.61 Å². The van der Waals surface area contributed by atoms with E-state index in [4.69, 9.17) is 18.9 Å². The number of carbonyl (C=O) groups is 1. The Balaban J connectivity index is 1.44. The summed E-state index contributed by atoms with van der Waals surface area (Å²) in [5.41, 5.74) is 6.57. The Bertz CT molecular complexity index is 1300. The van der Waals surface area contributed by atoms with Gasteiger partial charge in [-0.05, 0) is 50.3 Å². The molecule has 0 saturated heterocycles. The van der Waals surface area contributed by atoms with Crippen LogP contribution in [0.2, 0.25) is 0 Å². The number of aromatic nitrogens is 1. The van der Waals surface area contributed by atoms with E-state index in [-0.39, 0.29) is 12.6 Å². The average Bonchev–Trinajstić information content (AvgIpc) is 3.56. The van der Waals surface area contributed by atoms with Crippen molar-refractivity contribution < 1.29 is 18.7 Å². The van der Waals surface area contributed by atoms with Gasteiger partial charge in [-0.1, -0.05) is 78.4 Å². The first kappa shape index (κ1) is 23.6. The summed E-state index contributed by atoms with van der Waals surface area (Å²) in [6.07, 6.45) is 3.81. The van der Waals surface area contributed by atoms with Gasteiger partial charge in [-0.3, -0.25) is 0 Å². The van der Waals surface area contributed by atoms with Crippen LogP contribution < -0.4 is 4.74 Å². The van der Waals surface area contributed by atoms with E-state index in [2.05, 4.69) is 30.3 Å². The van der Waals surface area contributed by atoms with Crippen LogP contribution in [0, 0.1) is 0 Å². The first-order chi connectivity index (χ1) is 17.7. The quantitative estimate of drug-likeness (QED) is 0.239. The van der Waals surface area contributed by atoms with Crippen molar-refractivity contribution in [1.29, 1.82) is 0 Å². The van der Waals surface area contributed by atoms with Crippen LogP contribution in [-0.4, -0.2) is 24.2 Å². The summed E-state index contributed by atoms with van der Waals surface area (Å²) in [4.78, 5) is 16.7. The first-order valence-electron chi connectivity index (χ1n) is 12.4. The lowest BCUT2D eigenvalue weighted by atomic mass is 10.0. The number of benzene rings is 3. The van der Waals surface area contributed by atoms with E-state index in [1.807, 2.05) is 54.6 Å². The van der Waals surface area contributed by atoms with Crippen molar-refractivity contribution in [3.05, 3.63) is 102 Å². The molecule has 1 aliphatic carbocycles. The normalized spacial score (nSPS) is 13.1. The Morgan fingerprint density at radius 3 is 2.42 bits per heavy atom. The van der Waals surface area contributed by atoms with Crippen LogP contribution in [0.3, 0.4) is 0 Å². The van der Waals surface area contributed by atoms with Crippen molar-refractivity contribution in [2.45, 2.75) is 32.6 Å². The third kappa shape index (κ3) is 5.41. The second-order valence-electron chi connectivity index (χ2n) is 8.78. The third-order valence-electron chi connectivity index (χ3n) is 6.28. The molecule has 0 saturated carbocycles. The second kappa shape index (κ2) is 11.1. The number of hydrogen-bond donors (Lipinski definition) is 0. The summed E-state index contributed by atoms with van der Waals surface area (Å²) in [6.45, 7) is 2.04. The van der Waals surface area contributed by atoms with Gasteiger partial charge in [0, 0.05) is 16.7 Å². The molecule has 0 fully saturated rings. The van der Waals surface area contributed by atoms with Crippen molar-refractivity contribution in [3.63, 3.8) is 0 Å².